The molecule has 0 aromatic heterocycles. The molecule has 6 N–H and O–H groups in total. The van der Waals surface area contributed by atoms with Crippen LogP contribution in [0.5, 0.6) is 0 Å². The lowest BCUT2D eigenvalue weighted by Gasteiger charge is -2.24. The van der Waals surface area contributed by atoms with E-state index in [4.69, 9.17) is 15.6 Å². The molecule has 0 radical (unpaired) electrons. The average molecular weight is 463 g/mol. The fourth-order valence-electron chi connectivity index (χ4n) is 2.51. The number of aliphatic carboxylic acids is 1. The van der Waals surface area contributed by atoms with Crippen LogP contribution in [0.3, 0.4) is 0 Å². The highest BCUT2D eigenvalue weighted by molar-refractivity contribution is 5.89. The third-order valence-electron chi connectivity index (χ3n) is 4.26. The van der Waals surface area contributed by atoms with Gasteiger partial charge in [0.2, 0.25) is 11.8 Å². The van der Waals surface area contributed by atoms with E-state index in [-0.39, 0.29) is 23.8 Å². The Morgan fingerprint density at radius 3 is 2.03 bits per heavy atom. The van der Waals surface area contributed by atoms with E-state index >= 15 is 0 Å². The fraction of sp³-hybridized carbons (Fsp3) is 0.571. The number of carbonyl (C=O) groups is 3. The van der Waals surface area contributed by atoms with Gasteiger partial charge >= 0.3 is 12.1 Å². The van der Waals surface area contributed by atoms with Gasteiger partial charge in [-0.25, -0.2) is 4.79 Å². The number of nitrogens with two attached hydrogens (primary N) is 1. The maximum absolute atomic E-state index is 12.3. The summed E-state index contributed by atoms with van der Waals surface area (Å²) in [6.45, 7) is 8.52. The third-order valence-corrected chi connectivity index (χ3v) is 4.26. The van der Waals surface area contributed by atoms with Crippen LogP contribution in [0.1, 0.15) is 33.3 Å². The number of benzene rings is 1. The molecule has 3 atom stereocenters. The van der Waals surface area contributed by atoms with Crippen molar-refractivity contribution in [3.63, 3.8) is 0 Å². The van der Waals surface area contributed by atoms with E-state index in [0.29, 0.717) is 13.1 Å². The number of rotatable bonds is 10. The summed E-state index contributed by atoms with van der Waals surface area (Å²) >= 11 is 0. The highest BCUT2D eigenvalue weighted by Crippen LogP contribution is 2.13. The van der Waals surface area contributed by atoms with Crippen molar-refractivity contribution in [2.24, 2.45) is 11.7 Å². The van der Waals surface area contributed by atoms with Gasteiger partial charge in [-0.1, -0.05) is 44.2 Å². The van der Waals surface area contributed by atoms with Crippen LogP contribution >= 0.6 is 0 Å². The summed E-state index contributed by atoms with van der Waals surface area (Å²) in [4.78, 5) is 33.3. The monoisotopic (exact) mass is 462 g/mol. The number of likely N-dealkylation sites (N-methyl/N-ethyl adjacent to an activating group) is 1. The molecule has 1 rings (SSSR count). The Bertz CT molecular complexity index is 715. The minimum Gasteiger partial charge on any atom is -0.475 e. The molecule has 11 heteroatoms. The van der Waals surface area contributed by atoms with Gasteiger partial charge in [-0.05, 0) is 31.7 Å². The minimum absolute atomic E-state index is 0.0167. The maximum atomic E-state index is 12.3. The summed E-state index contributed by atoms with van der Waals surface area (Å²) in [6, 6.07) is 8.98. The molecule has 0 bridgehead atoms. The molecule has 1 aromatic carbocycles. The van der Waals surface area contributed by atoms with Crippen LogP contribution in [0.4, 0.5) is 13.2 Å². The van der Waals surface area contributed by atoms with E-state index in [9.17, 15) is 22.8 Å². The van der Waals surface area contributed by atoms with E-state index in [1.807, 2.05) is 51.1 Å². The van der Waals surface area contributed by atoms with Crippen LogP contribution in [0.15, 0.2) is 30.3 Å². The van der Waals surface area contributed by atoms with Crippen LogP contribution in [-0.2, 0) is 20.8 Å². The van der Waals surface area contributed by atoms with Crippen molar-refractivity contribution in [3.8, 4) is 0 Å². The maximum Gasteiger partial charge on any atom is 0.490 e. The zero-order valence-corrected chi connectivity index (χ0v) is 18.7. The van der Waals surface area contributed by atoms with Gasteiger partial charge in [0, 0.05) is 19.1 Å². The first-order chi connectivity index (χ1) is 14.8. The summed E-state index contributed by atoms with van der Waals surface area (Å²) in [6.07, 6.45) is -4.34. The van der Waals surface area contributed by atoms with Gasteiger partial charge in [0.25, 0.3) is 0 Å². The van der Waals surface area contributed by atoms with Crippen molar-refractivity contribution in [3.05, 3.63) is 35.9 Å². The quantitative estimate of drug-likeness (QED) is 0.357. The molecule has 1 aromatic rings. The van der Waals surface area contributed by atoms with Crippen molar-refractivity contribution < 1.29 is 32.7 Å². The summed E-state index contributed by atoms with van der Waals surface area (Å²) in [7, 11) is 0. The van der Waals surface area contributed by atoms with Crippen LogP contribution in [0.25, 0.3) is 0 Å². The lowest BCUT2D eigenvalue weighted by Crippen LogP contribution is -2.55. The number of amides is 2. The smallest absolute Gasteiger partial charge is 0.475 e. The van der Waals surface area contributed by atoms with Crippen molar-refractivity contribution in [1.82, 2.24) is 16.0 Å². The molecule has 0 fully saturated rings. The highest BCUT2D eigenvalue weighted by atomic mass is 19.4. The average Bonchev–Trinajstić information content (AvgIpc) is 2.70. The Morgan fingerprint density at radius 1 is 1.06 bits per heavy atom. The SMILES string of the molecule is CCNC(=O)[C@@H](NC(=O)[C@H](C)NC[C@@H](N)Cc1ccccc1)C(C)C.O=C(O)C(F)(F)F. The largest absolute Gasteiger partial charge is 0.490 e. The molecule has 182 valence electrons. The van der Waals surface area contributed by atoms with Crippen LogP contribution in [-0.4, -0.2) is 60.3 Å². The number of carboxylic acid groups (broad SMARTS) is 1. The Kier molecular flexibility index (Phi) is 13.2. The fourth-order valence-corrected chi connectivity index (χ4v) is 2.51. The van der Waals surface area contributed by atoms with Gasteiger partial charge in [0.15, 0.2) is 0 Å². The predicted molar refractivity (Wildman–Crippen MR) is 115 cm³/mol. The van der Waals surface area contributed by atoms with E-state index in [1.54, 1.807) is 6.92 Å². The Hall–Kier alpha value is -2.66. The van der Waals surface area contributed by atoms with E-state index < -0.39 is 24.2 Å². The lowest BCUT2D eigenvalue weighted by atomic mass is 10.0. The topological polar surface area (TPSA) is 134 Å². The van der Waals surface area contributed by atoms with Crippen molar-refractivity contribution >= 4 is 17.8 Å². The Balaban J connectivity index is 0.00000118. The molecule has 8 nitrogen and oxygen atoms in total. The third kappa shape index (κ3) is 12.3. The van der Waals surface area contributed by atoms with Crippen LogP contribution in [0, 0.1) is 5.92 Å². The molecule has 0 saturated carbocycles. The lowest BCUT2D eigenvalue weighted by molar-refractivity contribution is -0.192. The molecule has 0 aliphatic rings. The number of hydrogen-bond acceptors (Lipinski definition) is 5. The summed E-state index contributed by atoms with van der Waals surface area (Å²) < 4.78 is 31.7. The van der Waals surface area contributed by atoms with Gasteiger partial charge in [-0.15, -0.1) is 0 Å². The van der Waals surface area contributed by atoms with Crippen molar-refractivity contribution in [1.29, 1.82) is 0 Å². The number of halogens is 3. The zero-order valence-electron chi connectivity index (χ0n) is 18.7. The molecular formula is C21H33F3N4O4. The van der Waals surface area contributed by atoms with E-state index in [1.165, 1.54) is 5.56 Å². The first kappa shape index (κ1) is 29.3. The molecular weight excluding hydrogens is 429 g/mol. The number of carbonyl (C=O) groups excluding carboxylic acids is 2. The Morgan fingerprint density at radius 2 is 1.59 bits per heavy atom. The minimum atomic E-state index is -5.08. The number of alkyl halides is 3. The molecule has 0 unspecified atom stereocenters. The molecule has 0 aliphatic heterocycles. The first-order valence-corrected chi connectivity index (χ1v) is 10.2. The number of hydrogen-bond donors (Lipinski definition) is 5. The van der Waals surface area contributed by atoms with Gasteiger partial charge in [0.1, 0.15) is 6.04 Å². The van der Waals surface area contributed by atoms with Crippen molar-refractivity contribution in [2.45, 2.75) is 58.4 Å². The van der Waals surface area contributed by atoms with Crippen LogP contribution < -0.4 is 21.7 Å². The second-order valence-corrected chi connectivity index (χ2v) is 7.51. The molecule has 0 heterocycles. The van der Waals surface area contributed by atoms with Crippen LogP contribution in [0.2, 0.25) is 0 Å². The second kappa shape index (κ2) is 14.4. The van der Waals surface area contributed by atoms with E-state index in [2.05, 4.69) is 16.0 Å². The molecule has 0 spiro atoms. The summed E-state index contributed by atoms with van der Waals surface area (Å²) in [5, 5.41) is 15.8. The second-order valence-electron chi connectivity index (χ2n) is 7.51. The standard InChI is InChI=1S/C19H32N4O2.C2HF3O2/c1-5-21-19(25)17(13(2)3)23-18(24)14(4)22-12-16(20)11-15-9-7-6-8-10-15;3-2(4,5)1(6)7/h6-10,13-14,16-17,22H,5,11-12,20H2,1-4H3,(H,21,25)(H,23,24);(H,6,7)/t14-,16-,17-;/m0./s1. The predicted octanol–water partition coefficient (Wildman–Crippen LogP) is 1.44. The molecule has 0 saturated heterocycles. The van der Waals surface area contributed by atoms with Gasteiger partial charge in [-0.2, -0.15) is 13.2 Å². The zero-order chi connectivity index (χ0) is 24.9. The first-order valence-electron chi connectivity index (χ1n) is 10.2. The normalized spacial score (nSPS) is 13.9. The number of carboxylic acids is 1. The van der Waals surface area contributed by atoms with E-state index in [0.717, 1.165) is 6.42 Å². The van der Waals surface area contributed by atoms with Gasteiger partial charge in [-0.3, -0.25) is 9.59 Å². The summed E-state index contributed by atoms with van der Waals surface area (Å²) in [5.74, 6) is -3.09. The highest BCUT2D eigenvalue weighted by Gasteiger charge is 2.38. The Labute approximate surface area is 186 Å². The number of nitrogens with one attached hydrogen (secondary N) is 3. The van der Waals surface area contributed by atoms with Gasteiger partial charge < -0.3 is 26.8 Å². The summed E-state index contributed by atoms with van der Waals surface area (Å²) in [5.41, 5.74) is 7.30. The molecule has 0 aliphatic carbocycles. The van der Waals surface area contributed by atoms with Gasteiger partial charge in [0.05, 0.1) is 6.04 Å². The molecule has 32 heavy (non-hydrogen) atoms. The van der Waals surface area contributed by atoms with Crippen molar-refractivity contribution in [2.75, 3.05) is 13.1 Å². The molecule has 2 amide bonds.